The van der Waals surface area contributed by atoms with Crippen molar-refractivity contribution in [2.45, 2.75) is 27.4 Å². The quantitative estimate of drug-likeness (QED) is 0.583. The number of rotatable bonds is 6. The fourth-order valence-electron chi connectivity index (χ4n) is 2.57. The van der Waals surface area contributed by atoms with Crippen LogP contribution in [0.4, 0.5) is 5.00 Å². The number of thiophene rings is 1. The Kier molecular flexibility index (Phi) is 6.11. The first-order valence-electron chi connectivity index (χ1n) is 8.52. The van der Waals surface area contributed by atoms with Gasteiger partial charge in [-0.25, -0.2) is 9.78 Å². The third-order valence-electron chi connectivity index (χ3n) is 4.12. The standard InChI is InChI=1S/C20H20N2O4S2/c1-11-12(2)28-19(21-13(3)23)17(11)20(24)26-9-15-10-27-18(22-15)14-5-7-16(25-4)8-6-14/h5-8,10H,9H2,1-4H3,(H,21,23). The smallest absolute Gasteiger partial charge is 0.341 e. The van der Waals surface area contributed by atoms with Crippen LogP contribution in [0.25, 0.3) is 10.6 Å². The van der Waals surface area contributed by atoms with Crippen molar-refractivity contribution < 1.29 is 19.1 Å². The van der Waals surface area contributed by atoms with E-state index in [0.29, 0.717) is 16.3 Å². The van der Waals surface area contributed by atoms with E-state index in [2.05, 4.69) is 10.3 Å². The zero-order valence-corrected chi connectivity index (χ0v) is 17.6. The summed E-state index contributed by atoms with van der Waals surface area (Å²) >= 11 is 2.85. The van der Waals surface area contributed by atoms with Crippen LogP contribution in [0.2, 0.25) is 0 Å². The molecule has 28 heavy (non-hydrogen) atoms. The topological polar surface area (TPSA) is 77.5 Å². The average molecular weight is 417 g/mol. The Balaban J connectivity index is 1.70. The van der Waals surface area contributed by atoms with Gasteiger partial charge in [0, 0.05) is 22.7 Å². The van der Waals surface area contributed by atoms with Gasteiger partial charge in [0.15, 0.2) is 0 Å². The minimum absolute atomic E-state index is 0.0688. The number of carbonyl (C=O) groups is 2. The van der Waals surface area contributed by atoms with Crippen LogP contribution in [-0.4, -0.2) is 24.0 Å². The maximum absolute atomic E-state index is 12.6. The summed E-state index contributed by atoms with van der Waals surface area (Å²) in [6.45, 7) is 5.23. The highest BCUT2D eigenvalue weighted by atomic mass is 32.1. The van der Waals surface area contributed by atoms with Crippen molar-refractivity contribution in [3.05, 3.63) is 51.3 Å². The molecule has 6 nitrogen and oxygen atoms in total. The van der Waals surface area contributed by atoms with E-state index in [1.807, 2.05) is 43.5 Å². The van der Waals surface area contributed by atoms with Crippen LogP contribution < -0.4 is 10.1 Å². The van der Waals surface area contributed by atoms with E-state index >= 15 is 0 Å². The van der Waals surface area contributed by atoms with Crippen molar-refractivity contribution in [3.63, 3.8) is 0 Å². The summed E-state index contributed by atoms with van der Waals surface area (Å²) in [5.74, 6) is 0.0920. The molecular weight excluding hydrogens is 396 g/mol. The molecule has 0 aliphatic rings. The first-order valence-corrected chi connectivity index (χ1v) is 10.2. The van der Waals surface area contributed by atoms with Crippen LogP contribution in [0.1, 0.15) is 33.4 Å². The summed E-state index contributed by atoms with van der Waals surface area (Å²) in [5, 5.41) is 5.93. The summed E-state index contributed by atoms with van der Waals surface area (Å²) in [6.07, 6.45) is 0. The minimum atomic E-state index is -0.468. The molecule has 146 valence electrons. The number of aryl methyl sites for hydroxylation is 1. The molecule has 0 atom stereocenters. The van der Waals surface area contributed by atoms with Crippen LogP contribution in [0.5, 0.6) is 5.75 Å². The number of nitrogens with one attached hydrogen (secondary N) is 1. The molecule has 1 aromatic carbocycles. The zero-order chi connectivity index (χ0) is 20.3. The summed E-state index contributed by atoms with van der Waals surface area (Å²) in [7, 11) is 1.62. The molecule has 8 heteroatoms. The second-order valence-corrected chi connectivity index (χ2v) is 8.20. The molecule has 0 bridgehead atoms. The summed E-state index contributed by atoms with van der Waals surface area (Å²) in [6, 6.07) is 7.62. The molecule has 3 rings (SSSR count). The number of hydrogen-bond donors (Lipinski definition) is 1. The SMILES string of the molecule is COc1ccc(-c2nc(COC(=O)c3c(NC(C)=O)sc(C)c3C)cs2)cc1. The number of esters is 1. The third kappa shape index (κ3) is 4.40. The van der Waals surface area contributed by atoms with E-state index in [1.165, 1.54) is 29.6 Å². The van der Waals surface area contributed by atoms with E-state index < -0.39 is 5.97 Å². The number of ether oxygens (including phenoxy) is 2. The van der Waals surface area contributed by atoms with Crippen molar-refractivity contribution in [2.24, 2.45) is 0 Å². The number of carbonyl (C=O) groups excluding carboxylic acids is 2. The first-order chi connectivity index (χ1) is 13.4. The van der Waals surface area contributed by atoms with Gasteiger partial charge in [0.05, 0.1) is 18.4 Å². The van der Waals surface area contributed by atoms with E-state index in [0.717, 1.165) is 26.8 Å². The van der Waals surface area contributed by atoms with Gasteiger partial charge in [0.25, 0.3) is 0 Å². The molecule has 0 fully saturated rings. The Labute approximate surface area is 171 Å². The Bertz CT molecular complexity index is 1010. The molecule has 0 radical (unpaired) electrons. The van der Waals surface area contributed by atoms with Crippen LogP contribution in [-0.2, 0) is 16.1 Å². The number of amides is 1. The van der Waals surface area contributed by atoms with Gasteiger partial charge in [0.1, 0.15) is 22.4 Å². The van der Waals surface area contributed by atoms with Gasteiger partial charge in [-0.3, -0.25) is 4.79 Å². The van der Waals surface area contributed by atoms with Gasteiger partial charge in [0.2, 0.25) is 5.91 Å². The number of anilines is 1. The van der Waals surface area contributed by atoms with Crippen LogP contribution >= 0.6 is 22.7 Å². The summed E-state index contributed by atoms with van der Waals surface area (Å²) in [4.78, 5) is 29.5. The molecule has 1 N–H and O–H groups in total. The van der Waals surface area contributed by atoms with Gasteiger partial charge in [-0.1, -0.05) is 0 Å². The molecule has 0 aliphatic heterocycles. The number of methoxy groups -OCH3 is 1. The second-order valence-electron chi connectivity index (χ2n) is 6.12. The minimum Gasteiger partial charge on any atom is -0.497 e. The maximum atomic E-state index is 12.6. The highest BCUT2D eigenvalue weighted by Crippen LogP contribution is 2.33. The molecule has 0 saturated carbocycles. The van der Waals surface area contributed by atoms with Gasteiger partial charge in [-0.15, -0.1) is 22.7 Å². The van der Waals surface area contributed by atoms with Crippen LogP contribution in [0, 0.1) is 13.8 Å². The van der Waals surface area contributed by atoms with E-state index in [4.69, 9.17) is 9.47 Å². The molecule has 1 amide bonds. The highest BCUT2D eigenvalue weighted by molar-refractivity contribution is 7.16. The Morgan fingerprint density at radius 3 is 2.54 bits per heavy atom. The van der Waals surface area contributed by atoms with Crippen molar-refractivity contribution in [1.29, 1.82) is 0 Å². The van der Waals surface area contributed by atoms with E-state index in [1.54, 1.807) is 7.11 Å². The predicted molar refractivity (Wildman–Crippen MR) is 111 cm³/mol. The fraction of sp³-hybridized carbons (Fsp3) is 0.250. The van der Waals surface area contributed by atoms with Crippen LogP contribution in [0.15, 0.2) is 29.6 Å². The average Bonchev–Trinajstić information content (AvgIpc) is 3.24. The van der Waals surface area contributed by atoms with Gasteiger partial charge < -0.3 is 14.8 Å². The lowest BCUT2D eigenvalue weighted by Crippen LogP contribution is -2.12. The fourth-order valence-corrected chi connectivity index (χ4v) is 4.48. The number of benzene rings is 1. The van der Waals surface area contributed by atoms with Crippen molar-refractivity contribution >= 4 is 39.6 Å². The lowest BCUT2D eigenvalue weighted by Gasteiger charge is -2.06. The normalized spacial score (nSPS) is 10.6. The lowest BCUT2D eigenvalue weighted by molar-refractivity contribution is -0.114. The molecular formula is C20H20N2O4S2. The van der Waals surface area contributed by atoms with E-state index in [-0.39, 0.29) is 12.5 Å². The largest absolute Gasteiger partial charge is 0.497 e. The maximum Gasteiger partial charge on any atom is 0.341 e. The second kappa shape index (κ2) is 8.53. The molecule has 0 saturated heterocycles. The lowest BCUT2D eigenvalue weighted by atomic mass is 10.1. The first kappa shape index (κ1) is 20.0. The molecule has 0 unspecified atom stereocenters. The summed E-state index contributed by atoms with van der Waals surface area (Å²) < 4.78 is 10.6. The summed E-state index contributed by atoms with van der Waals surface area (Å²) in [5.41, 5.74) is 2.87. The van der Waals surface area contributed by atoms with Gasteiger partial charge in [-0.05, 0) is 43.7 Å². The molecule has 0 aliphatic carbocycles. The van der Waals surface area contributed by atoms with Crippen molar-refractivity contribution in [2.75, 3.05) is 12.4 Å². The number of aromatic nitrogens is 1. The Morgan fingerprint density at radius 1 is 1.18 bits per heavy atom. The van der Waals surface area contributed by atoms with Crippen molar-refractivity contribution in [3.8, 4) is 16.3 Å². The third-order valence-corrected chi connectivity index (χ3v) is 6.18. The molecule has 2 heterocycles. The Morgan fingerprint density at radius 2 is 1.89 bits per heavy atom. The van der Waals surface area contributed by atoms with Crippen molar-refractivity contribution in [1.82, 2.24) is 4.98 Å². The zero-order valence-electron chi connectivity index (χ0n) is 16.0. The molecule has 3 aromatic rings. The molecule has 2 aromatic heterocycles. The van der Waals surface area contributed by atoms with Gasteiger partial charge >= 0.3 is 5.97 Å². The van der Waals surface area contributed by atoms with E-state index in [9.17, 15) is 9.59 Å². The number of thiazole rings is 1. The Hall–Kier alpha value is -2.71. The molecule has 0 spiro atoms. The highest BCUT2D eigenvalue weighted by Gasteiger charge is 2.22. The number of hydrogen-bond acceptors (Lipinski definition) is 7. The monoisotopic (exact) mass is 416 g/mol. The predicted octanol–water partition coefficient (Wildman–Crippen LogP) is 4.81. The van der Waals surface area contributed by atoms with Crippen LogP contribution in [0.3, 0.4) is 0 Å². The number of nitrogens with zero attached hydrogens (tertiary/aromatic N) is 1. The van der Waals surface area contributed by atoms with Gasteiger partial charge in [-0.2, -0.15) is 0 Å².